The molecule has 0 heterocycles. The average molecular weight is 417 g/mol. The Bertz CT molecular complexity index is 905. The summed E-state index contributed by atoms with van der Waals surface area (Å²) >= 11 is 0. The van der Waals surface area contributed by atoms with Crippen LogP contribution in [0.3, 0.4) is 0 Å². The second-order valence-electron chi connectivity index (χ2n) is 7.71. The fourth-order valence-electron chi connectivity index (χ4n) is 2.70. The van der Waals surface area contributed by atoms with E-state index in [0.717, 1.165) is 17.5 Å². The Morgan fingerprint density at radius 3 is 2.37 bits per heavy atom. The van der Waals surface area contributed by atoms with Gasteiger partial charge in [0.25, 0.3) is 0 Å². The number of ether oxygens (including phenoxy) is 3. The van der Waals surface area contributed by atoms with Gasteiger partial charge in [-0.1, -0.05) is 19.1 Å². The molecule has 0 aromatic heterocycles. The van der Waals surface area contributed by atoms with Gasteiger partial charge in [-0.3, -0.25) is 0 Å². The molecule has 0 spiro atoms. The monoisotopic (exact) mass is 417 g/mol. The standard InChI is InChI=1S/C23H28FNO5/c1-6-11-29-20-10-8-15(12-17(20)14-25-22(27)30-23(2,3)4)16-7-9-19(24)18(13-16)21(26)28-5/h7-10,12-13H,6,11,14H2,1-5H3,(H,25,27). The lowest BCUT2D eigenvalue weighted by molar-refractivity contribution is 0.0522. The number of halogens is 1. The zero-order valence-electron chi connectivity index (χ0n) is 18.0. The second kappa shape index (κ2) is 10.1. The molecule has 6 nitrogen and oxygen atoms in total. The van der Waals surface area contributed by atoms with Gasteiger partial charge < -0.3 is 19.5 Å². The van der Waals surface area contributed by atoms with Gasteiger partial charge in [-0.2, -0.15) is 0 Å². The van der Waals surface area contributed by atoms with Crippen LogP contribution in [0, 0.1) is 5.82 Å². The fourth-order valence-corrected chi connectivity index (χ4v) is 2.70. The van der Waals surface area contributed by atoms with Gasteiger partial charge in [-0.15, -0.1) is 0 Å². The number of rotatable bonds is 7. The van der Waals surface area contributed by atoms with Gasteiger partial charge in [0.2, 0.25) is 0 Å². The van der Waals surface area contributed by atoms with E-state index in [1.165, 1.54) is 19.2 Å². The van der Waals surface area contributed by atoms with E-state index in [0.29, 0.717) is 17.9 Å². The van der Waals surface area contributed by atoms with Crippen LogP contribution in [-0.4, -0.2) is 31.4 Å². The number of carbonyl (C=O) groups is 2. The number of carbonyl (C=O) groups excluding carboxylic acids is 2. The summed E-state index contributed by atoms with van der Waals surface area (Å²) < 4.78 is 29.7. The quantitative estimate of drug-likeness (QED) is 0.635. The van der Waals surface area contributed by atoms with Crippen LogP contribution in [0.4, 0.5) is 9.18 Å². The topological polar surface area (TPSA) is 73.9 Å². The number of methoxy groups -OCH3 is 1. The number of hydrogen-bond donors (Lipinski definition) is 1. The van der Waals surface area contributed by atoms with E-state index in [1.807, 2.05) is 19.1 Å². The van der Waals surface area contributed by atoms with Gasteiger partial charge in [0.1, 0.15) is 17.2 Å². The van der Waals surface area contributed by atoms with E-state index in [-0.39, 0.29) is 12.1 Å². The van der Waals surface area contributed by atoms with E-state index < -0.39 is 23.5 Å². The van der Waals surface area contributed by atoms with Crippen molar-refractivity contribution in [3.05, 3.63) is 53.3 Å². The first-order chi connectivity index (χ1) is 14.1. The zero-order valence-corrected chi connectivity index (χ0v) is 18.0. The lowest BCUT2D eigenvalue weighted by atomic mass is 10.00. The number of benzene rings is 2. The van der Waals surface area contributed by atoms with Gasteiger partial charge in [0.15, 0.2) is 0 Å². The molecule has 0 saturated carbocycles. The Morgan fingerprint density at radius 1 is 1.07 bits per heavy atom. The molecule has 1 N–H and O–H groups in total. The maximum Gasteiger partial charge on any atom is 0.407 e. The Morgan fingerprint density at radius 2 is 1.73 bits per heavy atom. The van der Waals surface area contributed by atoms with Crippen molar-refractivity contribution in [3.63, 3.8) is 0 Å². The fraction of sp³-hybridized carbons (Fsp3) is 0.391. The number of hydrogen-bond acceptors (Lipinski definition) is 5. The van der Waals surface area contributed by atoms with Crippen LogP contribution in [0.1, 0.15) is 50.0 Å². The molecule has 0 bridgehead atoms. The van der Waals surface area contributed by atoms with Crippen molar-refractivity contribution in [2.45, 2.75) is 46.3 Å². The highest BCUT2D eigenvalue weighted by atomic mass is 19.1. The van der Waals surface area contributed by atoms with Crippen molar-refractivity contribution >= 4 is 12.1 Å². The van der Waals surface area contributed by atoms with Crippen molar-refractivity contribution in [1.29, 1.82) is 0 Å². The van der Waals surface area contributed by atoms with E-state index >= 15 is 0 Å². The number of nitrogens with one attached hydrogen (secondary N) is 1. The molecule has 0 aliphatic carbocycles. The summed E-state index contributed by atoms with van der Waals surface area (Å²) in [5.41, 5.74) is 1.36. The maximum atomic E-state index is 14.0. The molecular formula is C23H28FNO5. The minimum atomic E-state index is -0.746. The summed E-state index contributed by atoms with van der Waals surface area (Å²) in [6.07, 6.45) is 0.297. The van der Waals surface area contributed by atoms with E-state index in [2.05, 4.69) is 10.1 Å². The Balaban J connectivity index is 2.33. The first-order valence-electron chi connectivity index (χ1n) is 9.75. The highest BCUT2D eigenvalue weighted by molar-refractivity contribution is 5.91. The van der Waals surface area contributed by atoms with Crippen LogP contribution in [0.25, 0.3) is 11.1 Å². The largest absolute Gasteiger partial charge is 0.493 e. The molecule has 0 fully saturated rings. The van der Waals surface area contributed by atoms with Crippen molar-refractivity contribution in [3.8, 4) is 16.9 Å². The second-order valence-corrected chi connectivity index (χ2v) is 7.71. The maximum absolute atomic E-state index is 14.0. The lowest BCUT2D eigenvalue weighted by Gasteiger charge is -2.20. The third-order valence-corrected chi connectivity index (χ3v) is 4.05. The molecule has 0 saturated heterocycles. The molecule has 162 valence electrons. The molecule has 0 aliphatic rings. The number of esters is 1. The molecule has 0 unspecified atom stereocenters. The summed E-state index contributed by atoms with van der Waals surface area (Å²) in [7, 11) is 1.20. The summed E-state index contributed by atoms with van der Waals surface area (Å²) in [5.74, 6) is -0.767. The summed E-state index contributed by atoms with van der Waals surface area (Å²) in [6, 6.07) is 9.68. The lowest BCUT2D eigenvalue weighted by Crippen LogP contribution is -2.32. The van der Waals surface area contributed by atoms with Crippen molar-refractivity contribution in [2.24, 2.45) is 0 Å². The summed E-state index contributed by atoms with van der Waals surface area (Å²) in [6.45, 7) is 8.08. The Kier molecular flexibility index (Phi) is 7.80. The SMILES string of the molecule is CCCOc1ccc(-c2ccc(F)c(C(=O)OC)c2)cc1CNC(=O)OC(C)(C)C. The molecule has 0 radical (unpaired) electrons. The number of amides is 1. The normalized spacial score (nSPS) is 11.0. The van der Waals surface area contributed by atoms with Crippen LogP contribution in [0.2, 0.25) is 0 Å². The average Bonchev–Trinajstić information content (AvgIpc) is 2.69. The molecule has 0 atom stereocenters. The molecule has 0 aliphatic heterocycles. The first kappa shape index (κ1) is 23.2. The third-order valence-electron chi connectivity index (χ3n) is 4.05. The van der Waals surface area contributed by atoms with Crippen molar-refractivity contribution in [1.82, 2.24) is 5.32 Å². The predicted octanol–water partition coefficient (Wildman–Crippen LogP) is 5.09. The molecule has 2 aromatic carbocycles. The van der Waals surface area contributed by atoms with E-state index in [9.17, 15) is 14.0 Å². The molecule has 7 heteroatoms. The van der Waals surface area contributed by atoms with Gasteiger partial charge in [-0.05, 0) is 62.6 Å². The first-order valence-corrected chi connectivity index (χ1v) is 9.75. The predicted molar refractivity (Wildman–Crippen MR) is 112 cm³/mol. The summed E-state index contributed by atoms with van der Waals surface area (Å²) in [4.78, 5) is 23.8. The smallest absolute Gasteiger partial charge is 0.407 e. The van der Waals surface area contributed by atoms with Gasteiger partial charge in [0, 0.05) is 12.1 Å². The van der Waals surface area contributed by atoms with Gasteiger partial charge >= 0.3 is 12.1 Å². The van der Waals surface area contributed by atoms with Crippen LogP contribution >= 0.6 is 0 Å². The van der Waals surface area contributed by atoms with Gasteiger partial charge in [0.05, 0.1) is 19.3 Å². The number of alkyl carbamates (subject to hydrolysis) is 1. The minimum absolute atomic E-state index is 0.144. The Hall–Kier alpha value is -3.09. The van der Waals surface area contributed by atoms with Crippen LogP contribution < -0.4 is 10.1 Å². The zero-order chi connectivity index (χ0) is 22.3. The third kappa shape index (κ3) is 6.47. The molecule has 2 aromatic rings. The van der Waals surface area contributed by atoms with Crippen molar-refractivity contribution < 1.29 is 28.2 Å². The van der Waals surface area contributed by atoms with Crippen LogP contribution in [-0.2, 0) is 16.0 Å². The van der Waals surface area contributed by atoms with Crippen molar-refractivity contribution in [2.75, 3.05) is 13.7 Å². The molecule has 2 rings (SSSR count). The summed E-state index contributed by atoms with van der Waals surface area (Å²) in [5, 5.41) is 2.72. The minimum Gasteiger partial charge on any atom is -0.493 e. The van der Waals surface area contributed by atoms with Crippen LogP contribution in [0.5, 0.6) is 5.75 Å². The Labute approximate surface area is 176 Å². The highest BCUT2D eigenvalue weighted by Crippen LogP contribution is 2.28. The van der Waals surface area contributed by atoms with Crippen LogP contribution in [0.15, 0.2) is 36.4 Å². The highest BCUT2D eigenvalue weighted by Gasteiger charge is 2.17. The molecule has 30 heavy (non-hydrogen) atoms. The van der Waals surface area contributed by atoms with E-state index in [4.69, 9.17) is 9.47 Å². The molecule has 1 amide bonds. The molecular weight excluding hydrogens is 389 g/mol. The van der Waals surface area contributed by atoms with Gasteiger partial charge in [-0.25, -0.2) is 14.0 Å². The van der Waals surface area contributed by atoms with E-state index in [1.54, 1.807) is 32.9 Å².